The molecule has 1 heterocycles. The van der Waals surface area contributed by atoms with Gasteiger partial charge in [-0.1, -0.05) is 22.9 Å². The van der Waals surface area contributed by atoms with Crippen LogP contribution in [0.4, 0.5) is 0 Å². The number of piperidine rings is 1. The van der Waals surface area contributed by atoms with Crippen LogP contribution in [0.5, 0.6) is 0 Å². The summed E-state index contributed by atoms with van der Waals surface area (Å²) in [4.78, 5) is 26.5. The summed E-state index contributed by atoms with van der Waals surface area (Å²) in [5.74, 6) is 0.180. The van der Waals surface area contributed by atoms with Crippen LogP contribution >= 0.6 is 28.3 Å². The highest BCUT2D eigenvalue weighted by Gasteiger charge is 2.27. The topological polar surface area (TPSA) is 61.4 Å². The molecule has 0 spiro atoms. The van der Waals surface area contributed by atoms with Gasteiger partial charge in [0, 0.05) is 42.1 Å². The molecule has 25 heavy (non-hydrogen) atoms. The fraction of sp³-hybridized carbons (Fsp3) is 0.556. The molecular weight excluding hydrogens is 406 g/mol. The number of benzene rings is 1. The van der Waals surface area contributed by atoms with Gasteiger partial charge in [0.2, 0.25) is 5.91 Å². The van der Waals surface area contributed by atoms with Gasteiger partial charge in [0.25, 0.3) is 5.91 Å². The van der Waals surface area contributed by atoms with Crippen LogP contribution in [0.3, 0.4) is 0 Å². The number of amides is 2. The minimum atomic E-state index is 0. The largest absolute Gasteiger partial charge is 0.355 e. The van der Waals surface area contributed by atoms with Crippen molar-refractivity contribution in [2.45, 2.75) is 26.2 Å². The number of nitrogens with zero attached hydrogens (tertiary/aromatic N) is 1. The maximum absolute atomic E-state index is 12.5. The Bertz CT molecular complexity index is 546. The zero-order chi connectivity index (χ0) is 17.4. The summed E-state index contributed by atoms with van der Waals surface area (Å²) in [5.41, 5.74) is 0.697. The Morgan fingerprint density at radius 1 is 1.12 bits per heavy atom. The number of nitrogens with one attached hydrogen (secondary N) is 2. The van der Waals surface area contributed by atoms with Crippen molar-refractivity contribution in [2.75, 3.05) is 32.7 Å². The van der Waals surface area contributed by atoms with E-state index in [0.29, 0.717) is 25.2 Å². The highest BCUT2D eigenvalue weighted by Crippen LogP contribution is 2.20. The van der Waals surface area contributed by atoms with E-state index in [0.717, 1.165) is 36.8 Å². The van der Waals surface area contributed by atoms with E-state index in [1.165, 1.54) is 0 Å². The van der Waals surface area contributed by atoms with Crippen molar-refractivity contribution in [3.63, 3.8) is 0 Å². The number of hydrogen-bond donors (Lipinski definition) is 2. The predicted octanol–water partition coefficient (Wildman–Crippen LogP) is 2.84. The second kappa shape index (κ2) is 11.5. The van der Waals surface area contributed by atoms with Crippen molar-refractivity contribution < 1.29 is 9.59 Å². The summed E-state index contributed by atoms with van der Waals surface area (Å²) >= 11 is 3.37. The molecular formula is C18H27BrClN3O2. The molecule has 1 aliphatic heterocycles. The van der Waals surface area contributed by atoms with Crippen LogP contribution in [0.1, 0.15) is 36.5 Å². The summed E-state index contributed by atoms with van der Waals surface area (Å²) in [6.45, 7) is 5.85. The monoisotopic (exact) mass is 431 g/mol. The Morgan fingerprint density at radius 3 is 2.36 bits per heavy atom. The van der Waals surface area contributed by atoms with Gasteiger partial charge in [-0.05, 0) is 50.1 Å². The van der Waals surface area contributed by atoms with E-state index in [1.54, 1.807) is 0 Å². The molecule has 0 unspecified atom stereocenters. The standard InChI is InChI=1S/C18H26BrN3O2.ClH/c1-2-9-20-10-11-21-17(23)14-7-12-22(13-8-14)18(24)15-3-5-16(19)6-4-15;/h3-6,14,20H,2,7-13H2,1H3,(H,21,23);1H. The maximum Gasteiger partial charge on any atom is 0.253 e. The van der Waals surface area contributed by atoms with Crippen molar-refractivity contribution in [3.05, 3.63) is 34.3 Å². The Kier molecular flexibility index (Phi) is 10.1. The Hall–Kier alpha value is -1.11. The van der Waals surface area contributed by atoms with Gasteiger partial charge < -0.3 is 15.5 Å². The van der Waals surface area contributed by atoms with E-state index in [9.17, 15) is 9.59 Å². The molecule has 2 N–H and O–H groups in total. The SMILES string of the molecule is CCCNCCNC(=O)C1CCN(C(=O)c2ccc(Br)cc2)CC1.Cl. The fourth-order valence-corrected chi connectivity index (χ4v) is 3.10. The van der Waals surface area contributed by atoms with E-state index in [2.05, 4.69) is 33.5 Å². The Morgan fingerprint density at radius 2 is 1.76 bits per heavy atom. The molecule has 1 aromatic rings. The Labute approximate surface area is 164 Å². The van der Waals surface area contributed by atoms with Crippen LogP contribution in [-0.2, 0) is 4.79 Å². The van der Waals surface area contributed by atoms with E-state index in [-0.39, 0.29) is 30.1 Å². The van der Waals surface area contributed by atoms with Gasteiger partial charge in [-0.15, -0.1) is 12.4 Å². The molecule has 0 bridgehead atoms. The van der Waals surface area contributed by atoms with Crippen molar-refractivity contribution >= 4 is 40.2 Å². The van der Waals surface area contributed by atoms with Crippen molar-refractivity contribution in [3.8, 4) is 0 Å². The number of rotatable bonds is 7. The van der Waals surface area contributed by atoms with Gasteiger partial charge in [-0.25, -0.2) is 0 Å². The lowest BCUT2D eigenvalue weighted by molar-refractivity contribution is -0.126. The molecule has 1 fully saturated rings. The minimum Gasteiger partial charge on any atom is -0.355 e. The summed E-state index contributed by atoms with van der Waals surface area (Å²) in [5, 5.41) is 6.25. The van der Waals surface area contributed by atoms with Gasteiger partial charge in [-0.3, -0.25) is 9.59 Å². The first kappa shape index (κ1) is 21.9. The van der Waals surface area contributed by atoms with Crippen molar-refractivity contribution in [2.24, 2.45) is 5.92 Å². The minimum absolute atomic E-state index is 0. The highest BCUT2D eigenvalue weighted by atomic mass is 79.9. The molecule has 2 amide bonds. The normalized spacial score (nSPS) is 14.7. The zero-order valence-corrected chi connectivity index (χ0v) is 17.0. The smallest absolute Gasteiger partial charge is 0.253 e. The summed E-state index contributed by atoms with van der Waals surface area (Å²) in [6, 6.07) is 7.41. The molecule has 1 saturated heterocycles. The average molecular weight is 433 g/mol. The Balaban J connectivity index is 0.00000312. The van der Waals surface area contributed by atoms with Crippen LogP contribution in [0.15, 0.2) is 28.7 Å². The fourth-order valence-electron chi connectivity index (χ4n) is 2.84. The first-order valence-electron chi connectivity index (χ1n) is 8.65. The number of carbonyl (C=O) groups excluding carboxylic acids is 2. The molecule has 7 heteroatoms. The van der Waals surface area contributed by atoms with Gasteiger partial charge >= 0.3 is 0 Å². The molecule has 1 aliphatic rings. The molecule has 0 saturated carbocycles. The van der Waals surface area contributed by atoms with Crippen LogP contribution in [0.2, 0.25) is 0 Å². The predicted molar refractivity (Wildman–Crippen MR) is 106 cm³/mol. The molecule has 0 aliphatic carbocycles. The zero-order valence-electron chi connectivity index (χ0n) is 14.6. The quantitative estimate of drug-likeness (QED) is 0.651. The highest BCUT2D eigenvalue weighted by molar-refractivity contribution is 9.10. The van der Waals surface area contributed by atoms with Gasteiger partial charge in [0.15, 0.2) is 0 Å². The third-order valence-electron chi connectivity index (χ3n) is 4.27. The van der Waals surface area contributed by atoms with Crippen LogP contribution in [0, 0.1) is 5.92 Å². The molecule has 0 radical (unpaired) electrons. The van der Waals surface area contributed by atoms with Crippen LogP contribution in [-0.4, -0.2) is 49.4 Å². The number of halogens is 2. The van der Waals surface area contributed by atoms with Gasteiger partial charge in [-0.2, -0.15) is 0 Å². The molecule has 5 nitrogen and oxygen atoms in total. The van der Waals surface area contributed by atoms with E-state index in [4.69, 9.17) is 0 Å². The number of likely N-dealkylation sites (tertiary alicyclic amines) is 1. The summed E-state index contributed by atoms with van der Waals surface area (Å²) < 4.78 is 0.961. The third kappa shape index (κ3) is 6.96. The molecule has 2 rings (SSSR count). The van der Waals surface area contributed by atoms with Gasteiger partial charge in [0.05, 0.1) is 0 Å². The summed E-state index contributed by atoms with van der Waals surface area (Å²) in [7, 11) is 0. The lowest BCUT2D eigenvalue weighted by Gasteiger charge is -2.31. The van der Waals surface area contributed by atoms with E-state index >= 15 is 0 Å². The average Bonchev–Trinajstić information content (AvgIpc) is 2.61. The lowest BCUT2D eigenvalue weighted by atomic mass is 9.95. The number of hydrogen-bond acceptors (Lipinski definition) is 3. The maximum atomic E-state index is 12.5. The third-order valence-corrected chi connectivity index (χ3v) is 4.80. The second-order valence-electron chi connectivity index (χ2n) is 6.11. The van der Waals surface area contributed by atoms with Gasteiger partial charge in [0.1, 0.15) is 0 Å². The van der Waals surface area contributed by atoms with Crippen LogP contribution < -0.4 is 10.6 Å². The van der Waals surface area contributed by atoms with Crippen LogP contribution in [0.25, 0.3) is 0 Å². The second-order valence-corrected chi connectivity index (χ2v) is 7.03. The van der Waals surface area contributed by atoms with E-state index < -0.39 is 0 Å². The lowest BCUT2D eigenvalue weighted by Crippen LogP contribution is -2.44. The van der Waals surface area contributed by atoms with E-state index in [1.807, 2.05) is 29.2 Å². The summed E-state index contributed by atoms with van der Waals surface area (Å²) in [6.07, 6.45) is 2.56. The van der Waals surface area contributed by atoms with Crippen molar-refractivity contribution in [1.29, 1.82) is 0 Å². The molecule has 140 valence electrons. The molecule has 0 aromatic heterocycles. The number of carbonyl (C=O) groups is 2. The first-order chi connectivity index (χ1) is 11.6. The van der Waals surface area contributed by atoms with Crippen molar-refractivity contribution in [1.82, 2.24) is 15.5 Å². The molecule has 1 aromatic carbocycles. The molecule has 0 atom stereocenters. The first-order valence-corrected chi connectivity index (χ1v) is 9.44.